The van der Waals surface area contributed by atoms with Crippen LogP contribution in [0, 0.1) is 17.0 Å². The number of hydrogen-bond donors (Lipinski definition) is 1. The van der Waals surface area contributed by atoms with Gasteiger partial charge in [-0.05, 0) is 31.2 Å². The molecule has 2 unspecified atom stereocenters. The van der Waals surface area contributed by atoms with Gasteiger partial charge >= 0.3 is 5.97 Å². The van der Waals surface area contributed by atoms with E-state index in [9.17, 15) is 23.3 Å². The number of carbonyl (C=O) groups excluding carboxylic acids is 1. The lowest BCUT2D eigenvalue weighted by molar-refractivity contribution is -0.384. The van der Waals surface area contributed by atoms with Crippen LogP contribution in [0.15, 0.2) is 48.5 Å². The first-order valence-electron chi connectivity index (χ1n) is 8.22. The second-order valence-corrected chi connectivity index (χ2v) is 8.60. The minimum atomic E-state index is -3.35. The monoisotopic (exact) mass is 390 g/mol. The Labute approximate surface area is 156 Å². The first-order valence-corrected chi connectivity index (χ1v) is 10.0. The molecule has 1 heterocycles. The molecule has 2 atom stereocenters. The second-order valence-electron chi connectivity index (χ2n) is 6.44. The smallest absolute Gasteiger partial charge is 0.338 e. The van der Waals surface area contributed by atoms with E-state index in [0.29, 0.717) is 0 Å². The topological polar surface area (TPSA) is 116 Å². The van der Waals surface area contributed by atoms with Crippen molar-refractivity contribution >= 4 is 27.2 Å². The number of nitro groups is 1. The third kappa shape index (κ3) is 4.62. The van der Waals surface area contributed by atoms with Crippen molar-refractivity contribution in [2.75, 3.05) is 16.8 Å². The molecule has 1 aliphatic heterocycles. The molecule has 1 aliphatic rings. The maximum atomic E-state index is 12.3. The number of sulfone groups is 1. The third-order valence-corrected chi connectivity index (χ3v) is 5.98. The molecule has 9 heteroatoms. The molecule has 2 aromatic rings. The maximum Gasteiger partial charge on any atom is 0.338 e. The van der Waals surface area contributed by atoms with Crippen molar-refractivity contribution in [2.45, 2.75) is 19.1 Å². The number of non-ortho nitro benzene ring substituents is 1. The predicted molar refractivity (Wildman–Crippen MR) is 99.5 cm³/mol. The SMILES string of the molecule is Cc1ccc(NC2CS(=O)(=O)CC2OC(=O)c2ccc([N+](=O)[O-])cc2)cc1. The third-order valence-electron chi connectivity index (χ3n) is 4.28. The molecule has 8 nitrogen and oxygen atoms in total. The standard InChI is InChI=1S/C18H18N2O6S/c1-12-2-6-14(7-3-12)19-16-10-27(24,25)11-17(16)26-18(21)13-4-8-15(9-5-13)20(22)23/h2-9,16-17,19H,10-11H2,1H3. The van der Waals surface area contributed by atoms with Gasteiger partial charge in [0.15, 0.2) is 9.84 Å². The molecule has 1 saturated heterocycles. The number of esters is 1. The Hall–Kier alpha value is -2.94. The highest BCUT2D eigenvalue weighted by Gasteiger charge is 2.40. The largest absolute Gasteiger partial charge is 0.455 e. The molecule has 1 fully saturated rings. The molecule has 0 aromatic heterocycles. The zero-order chi connectivity index (χ0) is 19.6. The number of rotatable bonds is 5. The molecule has 1 N–H and O–H groups in total. The number of aryl methyl sites for hydroxylation is 1. The molecular weight excluding hydrogens is 372 g/mol. The summed E-state index contributed by atoms with van der Waals surface area (Å²) in [6.45, 7) is 1.94. The van der Waals surface area contributed by atoms with Crippen molar-refractivity contribution in [3.63, 3.8) is 0 Å². The lowest BCUT2D eigenvalue weighted by Gasteiger charge is -2.21. The normalized spacial score (nSPS) is 20.8. The van der Waals surface area contributed by atoms with Crippen LogP contribution in [0.4, 0.5) is 11.4 Å². The van der Waals surface area contributed by atoms with E-state index >= 15 is 0 Å². The Balaban J connectivity index is 1.73. The van der Waals surface area contributed by atoms with Gasteiger partial charge in [-0.2, -0.15) is 0 Å². The van der Waals surface area contributed by atoms with E-state index in [2.05, 4.69) is 5.32 Å². The minimum absolute atomic E-state index is 0.124. The summed E-state index contributed by atoms with van der Waals surface area (Å²) < 4.78 is 29.4. The molecule has 0 aliphatic carbocycles. The molecule has 0 saturated carbocycles. The van der Waals surface area contributed by atoms with Gasteiger partial charge in [0.2, 0.25) is 0 Å². The van der Waals surface area contributed by atoms with Crippen LogP contribution >= 0.6 is 0 Å². The number of hydrogen-bond acceptors (Lipinski definition) is 7. The van der Waals surface area contributed by atoms with E-state index in [1.807, 2.05) is 31.2 Å². The van der Waals surface area contributed by atoms with Crippen molar-refractivity contribution in [1.82, 2.24) is 0 Å². The Morgan fingerprint density at radius 1 is 1.11 bits per heavy atom. The summed E-state index contributed by atoms with van der Waals surface area (Å²) >= 11 is 0. The molecule has 142 valence electrons. The highest BCUT2D eigenvalue weighted by Crippen LogP contribution is 2.22. The fourth-order valence-corrected chi connectivity index (χ4v) is 4.64. The van der Waals surface area contributed by atoms with E-state index in [4.69, 9.17) is 4.74 Å². The van der Waals surface area contributed by atoms with Crippen molar-refractivity contribution in [1.29, 1.82) is 0 Å². The number of benzene rings is 2. The average molecular weight is 390 g/mol. The van der Waals surface area contributed by atoms with Crippen LogP contribution in [-0.2, 0) is 14.6 Å². The zero-order valence-corrected chi connectivity index (χ0v) is 15.3. The van der Waals surface area contributed by atoms with Crippen LogP contribution in [0.3, 0.4) is 0 Å². The van der Waals surface area contributed by atoms with Gasteiger partial charge in [0.05, 0.1) is 28.0 Å². The molecule has 0 bridgehead atoms. The van der Waals surface area contributed by atoms with Crippen LogP contribution < -0.4 is 5.32 Å². The second kappa shape index (κ2) is 7.36. The van der Waals surface area contributed by atoms with Gasteiger partial charge in [-0.25, -0.2) is 13.2 Å². The minimum Gasteiger partial charge on any atom is -0.455 e. The summed E-state index contributed by atoms with van der Waals surface area (Å²) in [5.41, 5.74) is 1.78. The molecule has 3 rings (SSSR count). The molecule has 2 aromatic carbocycles. The van der Waals surface area contributed by atoms with Gasteiger partial charge < -0.3 is 10.1 Å². The van der Waals surface area contributed by atoms with E-state index in [0.717, 1.165) is 11.3 Å². The number of nitro benzene ring substituents is 1. The fourth-order valence-electron chi connectivity index (χ4n) is 2.85. The highest BCUT2D eigenvalue weighted by molar-refractivity contribution is 7.91. The predicted octanol–water partition coefficient (Wildman–Crippen LogP) is 2.34. The average Bonchev–Trinajstić information content (AvgIpc) is 2.90. The molecule has 0 radical (unpaired) electrons. The molecule has 0 spiro atoms. The van der Waals surface area contributed by atoms with Crippen LogP contribution in [0.5, 0.6) is 0 Å². The van der Waals surface area contributed by atoms with E-state index in [-0.39, 0.29) is 22.8 Å². The molecular formula is C18H18N2O6S. The highest BCUT2D eigenvalue weighted by atomic mass is 32.2. The van der Waals surface area contributed by atoms with Gasteiger partial charge in [-0.15, -0.1) is 0 Å². The number of nitrogens with zero attached hydrogens (tertiary/aromatic N) is 1. The summed E-state index contributed by atoms with van der Waals surface area (Å²) in [6, 6.07) is 11.8. The first kappa shape index (κ1) is 18.8. The summed E-state index contributed by atoms with van der Waals surface area (Å²) in [4.78, 5) is 22.4. The Kier molecular flexibility index (Phi) is 5.13. The van der Waals surface area contributed by atoms with Crippen molar-refractivity contribution in [3.05, 3.63) is 69.8 Å². The van der Waals surface area contributed by atoms with E-state index < -0.39 is 32.9 Å². The summed E-state index contributed by atoms with van der Waals surface area (Å²) in [6.07, 6.45) is -0.848. The molecule has 0 amide bonds. The van der Waals surface area contributed by atoms with Crippen LogP contribution in [0.1, 0.15) is 15.9 Å². The van der Waals surface area contributed by atoms with Gasteiger partial charge in [-0.1, -0.05) is 17.7 Å². The lowest BCUT2D eigenvalue weighted by Crippen LogP contribution is -2.36. The van der Waals surface area contributed by atoms with Gasteiger partial charge in [0.1, 0.15) is 6.10 Å². The number of ether oxygens (including phenoxy) is 1. The number of anilines is 1. The van der Waals surface area contributed by atoms with Crippen LogP contribution in [0.2, 0.25) is 0 Å². The lowest BCUT2D eigenvalue weighted by atomic mass is 10.1. The number of nitrogens with one attached hydrogen (secondary N) is 1. The zero-order valence-electron chi connectivity index (χ0n) is 14.5. The Bertz CT molecular complexity index is 954. The summed E-state index contributed by atoms with van der Waals surface area (Å²) in [5, 5.41) is 13.8. The van der Waals surface area contributed by atoms with Crippen LogP contribution in [0.25, 0.3) is 0 Å². The van der Waals surface area contributed by atoms with E-state index in [1.54, 1.807) is 0 Å². The maximum absolute atomic E-state index is 12.3. The quantitative estimate of drug-likeness (QED) is 0.473. The van der Waals surface area contributed by atoms with Crippen LogP contribution in [-0.4, -0.2) is 43.0 Å². The van der Waals surface area contributed by atoms with Crippen molar-refractivity contribution in [3.8, 4) is 0 Å². The van der Waals surface area contributed by atoms with Crippen molar-refractivity contribution in [2.24, 2.45) is 0 Å². The van der Waals surface area contributed by atoms with Gasteiger partial charge in [0, 0.05) is 17.8 Å². The van der Waals surface area contributed by atoms with Gasteiger partial charge in [-0.3, -0.25) is 10.1 Å². The first-order chi connectivity index (χ1) is 12.7. The summed E-state index contributed by atoms with van der Waals surface area (Å²) in [5.74, 6) is -1.13. The Morgan fingerprint density at radius 2 is 1.74 bits per heavy atom. The van der Waals surface area contributed by atoms with Gasteiger partial charge in [0.25, 0.3) is 5.69 Å². The Morgan fingerprint density at radius 3 is 2.33 bits per heavy atom. The fraction of sp³-hybridized carbons (Fsp3) is 0.278. The van der Waals surface area contributed by atoms with Crippen molar-refractivity contribution < 1.29 is 22.9 Å². The molecule has 27 heavy (non-hydrogen) atoms. The number of carbonyl (C=O) groups is 1. The summed E-state index contributed by atoms with van der Waals surface area (Å²) in [7, 11) is -3.35. The van der Waals surface area contributed by atoms with E-state index in [1.165, 1.54) is 24.3 Å².